The predicted molar refractivity (Wildman–Crippen MR) is 66.1 cm³/mol. The molecular formula is C14H22O2. The molecule has 0 aromatic heterocycles. The van der Waals surface area contributed by atoms with Crippen molar-refractivity contribution in [1.29, 1.82) is 0 Å². The van der Waals surface area contributed by atoms with Crippen LogP contribution in [0.4, 0.5) is 0 Å². The zero-order valence-corrected chi connectivity index (χ0v) is 10.5. The molecule has 0 atom stereocenters. The predicted octanol–water partition coefficient (Wildman–Crippen LogP) is 2.88. The maximum atomic E-state index is 11.7. The highest BCUT2D eigenvalue weighted by Gasteiger charge is 2.32. The highest BCUT2D eigenvalue weighted by Crippen LogP contribution is 2.36. The van der Waals surface area contributed by atoms with Gasteiger partial charge in [-0.25, -0.2) is 0 Å². The van der Waals surface area contributed by atoms with Crippen LogP contribution in [0, 0.1) is 11.3 Å². The van der Waals surface area contributed by atoms with Gasteiger partial charge in [0.15, 0.2) is 5.78 Å². The molecule has 0 aromatic rings. The molecule has 0 saturated heterocycles. The molecule has 2 rings (SSSR count). The van der Waals surface area contributed by atoms with Gasteiger partial charge in [0.2, 0.25) is 0 Å². The van der Waals surface area contributed by atoms with Crippen molar-refractivity contribution in [2.24, 2.45) is 11.3 Å². The van der Waals surface area contributed by atoms with Gasteiger partial charge >= 0.3 is 0 Å². The normalized spacial score (nSPS) is 21.9. The van der Waals surface area contributed by atoms with Crippen LogP contribution in [-0.4, -0.2) is 17.5 Å². The van der Waals surface area contributed by atoms with E-state index >= 15 is 0 Å². The Hall–Kier alpha value is -0.890. The Morgan fingerprint density at radius 1 is 1.50 bits per heavy atom. The summed E-state index contributed by atoms with van der Waals surface area (Å²) in [6, 6.07) is 0. The first-order chi connectivity index (χ1) is 7.50. The second kappa shape index (κ2) is 5.44. The van der Waals surface area contributed by atoms with Crippen LogP contribution in [0.3, 0.4) is 0 Å². The van der Waals surface area contributed by atoms with Crippen LogP contribution in [0.15, 0.2) is 23.8 Å². The summed E-state index contributed by atoms with van der Waals surface area (Å²) in [4.78, 5) is 11.7. The summed E-state index contributed by atoms with van der Waals surface area (Å²) in [5.74, 6) is 0.717. The molecule has 0 heterocycles. The van der Waals surface area contributed by atoms with E-state index in [1.165, 1.54) is 0 Å². The molecule has 0 unspecified atom stereocenters. The molecule has 2 nitrogen and oxygen atoms in total. The van der Waals surface area contributed by atoms with E-state index in [0.29, 0.717) is 11.7 Å². The average molecular weight is 222 g/mol. The lowest BCUT2D eigenvalue weighted by Crippen LogP contribution is -2.14. The Labute approximate surface area is 98.1 Å². The summed E-state index contributed by atoms with van der Waals surface area (Å²) in [5.41, 5.74) is 1.12. The van der Waals surface area contributed by atoms with Gasteiger partial charge in [-0.15, -0.1) is 0 Å². The lowest BCUT2D eigenvalue weighted by atomic mass is 9.82. The number of carbonyl (C=O) groups excluding carboxylic acids is 1. The number of hydrogen-bond acceptors (Lipinski definition) is 2. The van der Waals surface area contributed by atoms with Crippen LogP contribution in [0.5, 0.6) is 0 Å². The third-order valence-electron chi connectivity index (χ3n) is 2.72. The SMILES string of the molecule is CC1(C)C=C(C(=O)C2CC2)C=CC1.CCO. The largest absolute Gasteiger partial charge is 0.397 e. The van der Waals surface area contributed by atoms with Crippen molar-refractivity contribution in [1.82, 2.24) is 0 Å². The second-order valence-corrected chi connectivity index (χ2v) is 5.15. The number of aliphatic hydroxyl groups excluding tert-OH is 1. The van der Waals surface area contributed by atoms with Crippen molar-refractivity contribution in [2.75, 3.05) is 6.61 Å². The van der Waals surface area contributed by atoms with Crippen LogP contribution in [0.2, 0.25) is 0 Å². The molecule has 2 aliphatic rings. The minimum atomic E-state index is 0.175. The van der Waals surface area contributed by atoms with Gasteiger partial charge in [-0.05, 0) is 31.6 Å². The van der Waals surface area contributed by atoms with Gasteiger partial charge in [0.25, 0.3) is 0 Å². The van der Waals surface area contributed by atoms with Crippen LogP contribution < -0.4 is 0 Å². The van der Waals surface area contributed by atoms with Gasteiger partial charge in [-0.2, -0.15) is 0 Å². The zero-order chi connectivity index (χ0) is 12.2. The van der Waals surface area contributed by atoms with Crippen molar-refractivity contribution in [3.05, 3.63) is 23.8 Å². The summed E-state index contributed by atoms with van der Waals surface area (Å²) in [6.45, 7) is 6.29. The van der Waals surface area contributed by atoms with E-state index in [4.69, 9.17) is 5.11 Å². The maximum absolute atomic E-state index is 11.7. The monoisotopic (exact) mass is 222 g/mol. The molecule has 0 aromatic carbocycles. The first kappa shape index (κ1) is 13.2. The lowest BCUT2D eigenvalue weighted by molar-refractivity contribution is -0.116. The fraction of sp³-hybridized carbons (Fsp3) is 0.643. The fourth-order valence-corrected chi connectivity index (χ4v) is 1.75. The summed E-state index contributed by atoms with van der Waals surface area (Å²) < 4.78 is 0. The van der Waals surface area contributed by atoms with Gasteiger partial charge < -0.3 is 5.11 Å². The Bertz CT molecular complexity index is 307. The number of rotatable bonds is 2. The summed E-state index contributed by atoms with van der Waals surface area (Å²) in [5, 5.41) is 7.57. The number of aliphatic hydroxyl groups is 1. The first-order valence-corrected chi connectivity index (χ1v) is 6.04. The van der Waals surface area contributed by atoms with Gasteiger partial charge in [-0.1, -0.05) is 32.1 Å². The minimum Gasteiger partial charge on any atom is -0.397 e. The second-order valence-electron chi connectivity index (χ2n) is 5.15. The van der Waals surface area contributed by atoms with Crippen LogP contribution in [-0.2, 0) is 4.79 Å². The van der Waals surface area contributed by atoms with Gasteiger partial charge in [0, 0.05) is 18.1 Å². The molecule has 16 heavy (non-hydrogen) atoms. The quantitative estimate of drug-likeness (QED) is 0.780. The molecule has 2 heteroatoms. The van der Waals surface area contributed by atoms with Crippen LogP contribution >= 0.6 is 0 Å². The van der Waals surface area contributed by atoms with E-state index in [-0.39, 0.29) is 12.0 Å². The molecule has 1 saturated carbocycles. The number of carbonyl (C=O) groups is 1. The first-order valence-electron chi connectivity index (χ1n) is 6.04. The minimum absolute atomic E-state index is 0.175. The molecule has 1 fully saturated rings. The molecule has 0 bridgehead atoms. The Kier molecular flexibility index (Phi) is 4.48. The van der Waals surface area contributed by atoms with E-state index in [1.807, 2.05) is 6.08 Å². The standard InChI is InChI=1S/C12H16O.C2H6O/c1-12(2)7-3-4-10(8-12)11(13)9-5-6-9;1-2-3/h3-4,8-9H,5-7H2,1-2H3;3H,2H2,1H3. The van der Waals surface area contributed by atoms with Crippen molar-refractivity contribution in [2.45, 2.75) is 40.0 Å². The van der Waals surface area contributed by atoms with E-state index < -0.39 is 0 Å². The number of hydrogen-bond donors (Lipinski definition) is 1. The Morgan fingerprint density at radius 2 is 2.06 bits per heavy atom. The molecule has 0 radical (unpaired) electrons. The number of allylic oxidation sites excluding steroid dienone is 4. The van der Waals surface area contributed by atoms with E-state index in [2.05, 4.69) is 26.0 Å². The third-order valence-corrected chi connectivity index (χ3v) is 2.72. The molecule has 90 valence electrons. The zero-order valence-electron chi connectivity index (χ0n) is 10.5. The van der Waals surface area contributed by atoms with Gasteiger partial charge in [-0.3, -0.25) is 4.79 Å². The average Bonchev–Trinajstić information content (AvgIpc) is 2.99. The summed E-state index contributed by atoms with van der Waals surface area (Å²) in [6.07, 6.45) is 9.50. The number of ketones is 1. The van der Waals surface area contributed by atoms with E-state index in [0.717, 1.165) is 24.8 Å². The van der Waals surface area contributed by atoms with Crippen molar-refractivity contribution < 1.29 is 9.90 Å². The van der Waals surface area contributed by atoms with E-state index in [1.54, 1.807) is 6.92 Å². The molecule has 0 amide bonds. The van der Waals surface area contributed by atoms with Crippen LogP contribution in [0.1, 0.15) is 40.0 Å². The summed E-state index contributed by atoms with van der Waals surface area (Å²) >= 11 is 0. The molecule has 1 N–H and O–H groups in total. The molecule has 0 spiro atoms. The molecule has 0 aliphatic heterocycles. The molecular weight excluding hydrogens is 200 g/mol. The Balaban J connectivity index is 0.000000386. The molecule has 2 aliphatic carbocycles. The number of Topliss-reactive ketones (excluding diaryl/α,β-unsaturated/α-hetero) is 1. The van der Waals surface area contributed by atoms with Crippen molar-refractivity contribution in [3.8, 4) is 0 Å². The van der Waals surface area contributed by atoms with Crippen molar-refractivity contribution in [3.63, 3.8) is 0 Å². The van der Waals surface area contributed by atoms with Crippen LogP contribution in [0.25, 0.3) is 0 Å². The van der Waals surface area contributed by atoms with Gasteiger partial charge in [0.1, 0.15) is 0 Å². The highest BCUT2D eigenvalue weighted by molar-refractivity contribution is 6.01. The smallest absolute Gasteiger partial charge is 0.165 e. The van der Waals surface area contributed by atoms with E-state index in [9.17, 15) is 4.79 Å². The fourth-order valence-electron chi connectivity index (χ4n) is 1.75. The Morgan fingerprint density at radius 3 is 2.50 bits per heavy atom. The third kappa shape index (κ3) is 3.93. The maximum Gasteiger partial charge on any atom is 0.165 e. The highest BCUT2D eigenvalue weighted by atomic mass is 16.2. The summed E-state index contributed by atoms with van der Waals surface area (Å²) in [7, 11) is 0. The topological polar surface area (TPSA) is 37.3 Å². The van der Waals surface area contributed by atoms with Gasteiger partial charge in [0.05, 0.1) is 0 Å². The lowest BCUT2D eigenvalue weighted by Gasteiger charge is -2.22. The van der Waals surface area contributed by atoms with Crippen molar-refractivity contribution >= 4 is 5.78 Å².